The highest BCUT2D eigenvalue weighted by atomic mass is 16.6. The quantitative estimate of drug-likeness (QED) is 0.586. The van der Waals surface area contributed by atoms with Crippen LogP contribution in [0, 0.1) is 17.0 Å². The molecule has 3 aromatic rings. The normalized spacial score (nSPS) is 10.6. The highest BCUT2D eigenvalue weighted by Gasteiger charge is 2.13. The van der Waals surface area contributed by atoms with E-state index in [1.165, 1.54) is 24.3 Å². The molecule has 110 valence electrons. The van der Waals surface area contributed by atoms with Gasteiger partial charge >= 0.3 is 0 Å². The predicted octanol–water partition coefficient (Wildman–Crippen LogP) is 3.90. The van der Waals surface area contributed by atoms with Gasteiger partial charge in [0.15, 0.2) is 5.76 Å². The van der Waals surface area contributed by atoms with Crippen molar-refractivity contribution in [3.8, 4) is 0 Å². The third-order valence-electron chi connectivity index (χ3n) is 3.24. The molecule has 3 rings (SSSR count). The third-order valence-corrected chi connectivity index (χ3v) is 3.24. The number of nitrogens with zero attached hydrogens (tertiary/aromatic N) is 1. The molecule has 0 unspecified atom stereocenters. The van der Waals surface area contributed by atoms with Crippen LogP contribution in [-0.4, -0.2) is 10.8 Å². The molecule has 1 N–H and O–H groups in total. The standard InChI is InChI=1S/C16H12N2O4/c1-10-2-3-11-9-15(22-14(11)8-10)16(19)17-12-4-6-13(7-5-12)18(20)21/h2-9H,1H3,(H,17,19). The zero-order chi connectivity index (χ0) is 15.7. The van der Waals surface area contributed by atoms with E-state index >= 15 is 0 Å². The number of nitrogens with one attached hydrogen (secondary N) is 1. The van der Waals surface area contributed by atoms with Crippen LogP contribution in [0.1, 0.15) is 16.1 Å². The van der Waals surface area contributed by atoms with Crippen molar-refractivity contribution < 1.29 is 14.1 Å². The molecule has 6 heteroatoms. The van der Waals surface area contributed by atoms with Crippen LogP contribution >= 0.6 is 0 Å². The lowest BCUT2D eigenvalue weighted by atomic mass is 10.2. The van der Waals surface area contributed by atoms with E-state index in [9.17, 15) is 14.9 Å². The molecule has 0 fully saturated rings. The molecular weight excluding hydrogens is 284 g/mol. The van der Waals surface area contributed by atoms with Gasteiger partial charge < -0.3 is 9.73 Å². The van der Waals surface area contributed by atoms with Gasteiger partial charge in [-0.2, -0.15) is 0 Å². The summed E-state index contributed by atoms with van der Waals surface area (Å²) in [4.78, 5) is 22.2. The first-order chi connectivity index (χ1) is 10.5. The maximum atomic E-state index is 12.1. The topological polar surface area (TPSA) is 85.4 Å². The van der Waals surface area contributed by atoms with E-state index in [1.807, 2.05) is 25.1 Å². The number of aryl methyl sites for hydroxylation is 1. The molecule has 0 bridgehead atoms. The van der Waals surface area contributed by atoms with Crippen LogP contribution in [0.5, 0.6) is 0 Å². The number of nitro groups is 1. The second-order valence-electron chi connectivity index (χ2n) is 4.91. The molecule has 0 aliphatic rings. The Labute approximate surface area is 125 Å². The second-order valence-corrected chi connectivity index (χ2v) is 4.91. The Balaban J connectivity index is 1.81. The number of fused-ring (bicyclic) bond motifs is 1. The summed E-state index contributed by atoms with van der Waals surface area (Å²) in [6, 6.07) is 13.0. The Hall–Kier alpha value is -3.15. The molecule has 1 heterocycles. The van der Waals surface area contributed by atoms with Crippen molar-refractivity contribution in [3.05, 3.63) is 70.0 Å². The maximum Gasteiger partial charge on any atom is 0.291 e. The highest BCUT2D eigenvalue weighted by Crippen LogP contribution is 2.22. The minimum atomic E-state index is -0.493. The zero-order valence-corrected chi connectivity index (χ0v) is 11.7. The van der Waals surface area contributed by atoms with Crippen molar-refractivity contribution >= 4 is 28.3 Å². The summed E-state index contributed by atoms with van der Waals surface area (Å²) in [7, 11) is 0. The monoisotopic (exact) mass is 296 g/mol. The Bertz CT molecular complexity index is 865. The number of rotatable bonds is 3. The Morgan fingerprint density at radius 1 is 1.14 bits per heavy atom. The van der Waals surface area contributed by atoms with E-state index in [1.54, 1.807) is 6.07 Å². The summed E-state index contributed by atoms with van der Waals surface area (Å²) < 4.78 is 5.52. The Morgan fingerprint density at radius 2 is 1.86 bits per heavy atom. The van der Waals surface area contributed by atoms with Crippen LogP contribution in [0.4, 0.5) is 11.4 Å². The van der Waals surface area contributed by atoms with Gasteiger partial charge in [-0.15, -0.1) is 0 Å². The molecule has 0 aliphatic heterocycles. The van der Waals surface area contributed by atoms with Crippen LogP contribution in [0.2, 0.25) is 0 Å². The van der Waals surface area contributed by atoms with Gasteiger partial charge in [-0.05, 0) is 36.8 Å². The summed E-state index contributed by atoms with van der Waals surface area (Å²) in [5.74, 6) is -0.207. The van der Waals surface area contributed by atoms with Crippen LogP contribution in [-0.2, 0) is 0 Å². The molecule has 0 aliphatic carbocycles. The number of anilines is 1. The minimum Gasteiger partial charge on any atom is -0.451 e. The van der Waals surface area contributed by atoms with Crippen LogP contribution in [0.25, 0.3) is 11.0 Å². The molecule has 1 aromatic heterocycles. The molecular formula is C16H12N2O4. The summed E-state index contributed by atoms with van der Waals surface area (Å²) >= 11 is 0. The number of carbonyl (C=O) groups is 1. The maximum absolute atomic E-state index is 12.1. The van der Waals surface area contributed by atoms with E-state index in [2.05, 4.69) is 5.32 Å². The number of nitro benzene ring substituents is 1. The summed E-state index contributed by atoms with van der Waals surface area (Å²) in [6.45, 7) is 1.94. The lowest BCUT2D eigenvalue weighted by molar-refractivity contribution is -0.384. The van der Waals surface area contributed by atoms with Crippen LogP contribution in [0.3, 0.4) is 0 Å². The molecule has 0 saturated carbocycles. The fraction of sp³-hybridized carbons (Fsp3) is 0.0625. The SMILES string of the molecule is Cc1ccc2cc(C(=O)Nc3ccc([N+](=O)[O-])cc3)oc2c1. The third kappa shape index (κ3) is 2.67. The fourth-order valence-corrected chi connectivity index (χ4v) is 2.11. The number of benzene rings is 2. The largest absolute Gasteiger partial charge is 0.451 e. The van der Waals surface area contributed by atoms with E-state index in [0.717, 1.165) is 10.9 Å². The fourth-order valence-electron chi connectivity index (χ4n) is 2.11. The number of amides is 1. The Kier molecular flexibility index (Phi) is 3.34. The van der Waals surface area contributed by atoms with Gasteiger partial charge in [0.25, 0.3) is 11.6 Å². The van der Waals surface area contributed by atoms with Gasteiger partial charge in [0.1, 0.15) is 5.58 Å². The number of hydrogen-bond donors (Lipinski definition) is 1. The van der Waals surface area contributed by atoms with Gasteiger partial charge in [-0.1, -0.05) is 12.1 Å². The van der Waals surface area contributed by atoms with Gasteiger partial charge in [0, 0.05) is 23.2 Å². The van der Waals surface area contributed by atoms with Gasteiger partial charge in [0.2, 0.25) is 0 Å². The average Bonchev–Trinajstić information content (AvgIpc) is 2.91. The summed E-state index contributed by atoms with van der Waals surface area (Å²) in [5.41, 5.74) is 2.13. The predicted molar refractivity (Wildman–Crippen MR) is 82.0 cm³/mol. The van der Waals surface area contributed by atoms with Crippen molar-refractivity contribution in [2.24, 2.45) is 0 Å². The smallest absolute Gasteiger partial charge is 0.291 e. The first-order valence-electron chi connectivity index (χ1n) is 6.59. The van der Waals surface area contributed by atoms with E-state index in [-0.39, 0.29) is 11.4 Å². The molecule has 0 spiro atoms. The molecule has 2 aromatic carbocycles. The number of furan rings is 1. The molecule has 0 radical (unpaired) electrons. The highest BCUT2D eigenvalue weighted by molar-refractivity contribution is 6.04. The molecule has 1 amide bonds. The van der Waals surface area contributed by atoms with Crippen molar-refractivity contribution in [1.29, 1.82) is 0 Å². The van der Waals surface area contributed by atoms with Gasteiger partial charge in [-0.25, -0.2) is 0 Å². The van der Waals surface area contributed by atoms with Crippen molar-refractivity contribution in [1.82, 2.24) is 0 Å². The van der Waals surface area contributed by atoms with Crippen molar-refractivity contribution in [3.63, 3.8) is 0 Å². The average molecular weight is 296 g/mol. The van der Waals surface area contributed by atoms with Gasteiger partial charge in [0.05, 0.1) is 4.92 Å². The van der Waals surface area contributed by atoms with E-state index in [4.69, 9.17) is 4.42 Å². The minimum absolute atomic E-state index is 0.0304. The lowest BCUT2D eigenvalue weighted by Gasteiger charge is -2.02. The number of carbonyl (C=O) groups excluding carboxylic acids is 1. The zero-order valence-electron chi connectivity index (χ0n) is 11.7. The molecule has 6 nitrogen and oxygen atoms in total. The molecule has 22 heavy (non-hydrogen) atoms. The van der Waals surface area contributed by atoms with Gasteiger partial charge in [-0.3, -0.25) is 14.9 Å². The van der Waals surface area contributed by atoms with Crippen molar-refractivity contribution in [2.75, 3.05) is 5.32 Å². The van der Waals surface area contributed by atoms with Crippen LogP contribution in [0.15, 0.2) is 52.9 Å². The van der Waals surface area contributed by atoms with Crippen molar-refractivity contribution in [2.45, 2.75) is 6.92 Å². The lowest BCUT2D eigenvalue weighted by Crippen LogP contribution is -2.10. The Morgan fingerprint density at radius 3 is 2.55 bits per heavy atom. The van der Waals surface area contributed by atoms with E-state index < -0.39 is 10.8 Å². The number of non-ortho nitro benzene ring substituents is 1. The first kappa shape index (κ1) is 13.8. The van der Waals surface area contributed by atoms with E-state index in [0.29, 0.717) is 11.3 Å². The first-order valence-corrected chi connectivity index (χ1v) is 6.59. The number of hydrogen-bond acceptors (Lipinski definition) is 4. The molecule has 0 atom stereocenters. The summed E-state index contributed by atoms with van der Waals surface area (Å²) in [5, 5.41) is 14.1. The summed E-state index contributed by atoms with van der Waals surface area (Å²) in [6.07, 6.45) is 0. The second kappa shape index (κ2) is 5.33. The van der Waals surface area contributed by atoms with Crippen LogP contribution < -0.4 is 5.32 Å². The molecule has 0 saturated heterocycles.